The second-order valence-electron chi connectivity index (χ2n) is 16.0. The van der Waals surface area contributed by atoms with Gasteiger partial charge in [-0.1, -0.05) is 158 Å². The predicted molar refractivity (Wildman–Crippen MR) is 258 cm³/mol. The lowest BCUT2D eigenvalue weighted by Crippen LogP contribution is -2.07. The summed E-state index contributed by atoms with van der Waals surface area (Å²) in [5, 5.41) is 6.60. The van der Waals surface area contributed by atoms with Gasteiger partial charge in [0, 0.05) is 49.1 Å². The van der Waals surface area contributed by atoms with Crippen molar-refractivity contribution >= 4 is 65.6 Å². The number of hydrogen-bond acceptors (Lipinski definition) is 4. The number of para-hydroxylation sites is 2. The molecular weight excluding hydrogens is 771 g/mol. The van der Waals surface area contributed by atoms with E-state index in [1.807, 2.05) is 30.3 Å². The number of aromatic nitrogens is 5. The van der Waals surface area contributed by atoms with E-state index in [9.17, 15) is 0 Å². The first-order chi connectivity index (χ1) is 31.2. The van der Waals surface area contributed by atoms with Crippen molar-refractivity contribution in [3.63, 3.8) is 0 Å². The van der Waals surface area contributed by atoms with E-state index in [1.165, 1.54) is 10.9 Å². The van der Waals surface area contributed by atoms with Crippen LogP contribution in [0.15, 0.2) is 217 Å². The molecule has 4 heterocycles. The topological polar surface area (TPSA) is 61.7 Å². The lowest BCUT2D eigenvalue weighted by molar-refractivity contribution is 0.669. The zero-order valence-corrected chi connectivity index (χ0v) is 33.9. The predicted octanol–water partition coefficient (Wildman–Crippen LogP) is 14.6. The molecule has 0 spiro atoms. The van der Waals surface area contributed by atoms with Gasteiger partial charge in [0.25, 0.3) is 0 Å². The number of nitrogens with zero attached hydrogens (tertiary/aromatic N) is 5. The highest BCUT2D eigenvalue weighted by Crippen LogP contribution is 2.42. The van der Waals surface area contributed by atoms with Crippen LogP contribution in [-0.2, 0) is 0 Å². The van der Waals surface area contributed by atoms with Gasteiger partial charge in [-0.15, -0.1) is 0 Å². The van der Waals surface area contributed by atoms with Crippen LogP contribution >= 0.6 is 0 Å². The number of benzene rings is 9. The molecular formula is C57H35N5O. The van der Waals surface area contributed by atoms with Crippen molar-refractivity contribution in [2.24, 2.45) is 0 Å². The number of hydrogen-bond donors (Lipinski definition) is 0. The minimum Gasteiger partial charge on any atom is -0.456 e. The Morgan fingerprint density at radius 3 is 1.41 bits per heavy atom. The lowest BCUT2D eigenvalue weighted by atomic mass is 10.0. The van der Waals surface area contributed by atoms with Crippen molar-refractivity contribution in [3.05, 3.63) is 212 Å². The Morgan fingerprint density at radius 2 is 0.778 bits per heavy atom. The van der Waals surface area contributed by atoms with Crippen molar-refractivity contribution in [1.82, 2.24) is 24.1 Å². The first kappa shape index (κ1) is 35.2. The zero-order valence-electron chi connectivity index (χ0n) is 33.9. The van der Waals surface area contributed by atoms with Gasteiger partial charge in [0.2, 0.25) is 5.95 Å². The molecule has 0 saturated carbocycles. The molecule has 0 saturated heterocycles. The molecule has 0 radical (unpaired) electrons. The second kappa shape index (κ2) is 14.0. The number of furan rings is 1. The molecule has 0 aliphatic heterocycles. The summed E-state index contributed by atoms with van der Waals surface area (Å²) in [6.45, 7) is 0. The van der Waals surface area contributed by atoms with E-state index in [4.69, 9.17) is 19.4 Å². The highest BCUT2D eigenvalue weighted by atomic mass is 16.3. The zero-order chi connectivity index (χ0) is 41.4. The molecule has 9 aromatic carbocycles. The number of fused-ring (bicyclic) bond motifs is 10. The molecule has 0 aliphatic rings. The standard InChI is InChI=1S/C57H35N5O/c1-4-15-36(16-5-1)39-21-14-22-42(33-39)61-49-25-12-10-23-43(49)45-29-30-46-44-24-11-13-26-50(44)62(54(46)53(45)61)57-59-55(38-19-8-3-9-20-38)58-56(60-57)41-28-32-52-48(35-41)47-34-40(27-31-51(47)63-52)37-17-6-2-7-18-37/h1-35H. The average molecular weight is 806 g/mol. The Hall–Kier alpha value is -8.61. The summed E-state index contributed by atoms with van der Waals surface area (Å²) < 4.78 is 11.1. The molecule has 0 N–H and O–H groups in total. The van der Waals surface area contributed by atoms with E-state index in [1.54, 1.807) is 0 Å². The third kappa shape index (κ3) is 5.62. The molecule has 0 atom stereocenters. The molecule has 294 valence electrons. The highest BCUT2D eigenvalue weighted by molar-refractivity contribution is 6.23. The van der Waals surface area contributed by atoms with Crippen molar-refractivity contribution in [1.29, 1.82) is 0 Å². The first-order valence-corrected chi connectivity index (χ1v) is 21.2. The molecule has 13 aromatic rings. The van der Waals surface area contributed by atoms with Crippen LogP contribution in [0.3, 0.4) is 0 Å². The summed E-state index contributed by atoms with van der Waals surface area (Å²) in [5.41, 5.74) is 13.3. The Labute approximate surface area is 361 Å². The van der Waals surface area contributed by atoms with Crippen molar-refractivity contribution in [2.45, 2.75) is 0 Å². The van der Waals surface area contributed by atoms with Crippen molar-refractivity contribution < 1.29 is 4.42 Å². The Kier molecular flexibility index (Phi) is 7.80. The Bertz CT molecular complexity index is 3900. The maximum absolute atomic E-state index is 6.39. The molecule has 63 heavy (non-hydrogen) atoms. The Morgan fingerprint density at radius 1 is 0.302 bits per heavy atom. The van der Waals surface area contributed by atoms with Crippen molar-refractivity contribution in [3.8, 4) is 56.7 Å². The summed E-state index contributed by atoms with van der Waals surface area (Å²) in [6, 6.07) is 74.5. The second-order valence-corrected chi connectivity index (χ2v) is 16.0. The van der Waals surface area contributed by atoms with E-state index in [0.717, 1.165) is 93.7 Å². The van der Waals surface area contributed by atoms with Gasteiger partial charge >= 0.3 is 0 Å². The van der Waals surface area contributed by atoms with E-state index in [-0.39, 0.29) is 0 Å². The fraction of sp³-hybridized carbons (Fsp3) is 0. The molecule has 13 rings (SSSR count). The average Bonchev–Trinajstić information content (AvgIpc) is 4.02. The smallest absolute Gasteiger partial charge is 0.238 e. The van der Waals surface area contributed by atoms with Crippen LogP contribution in [0.4, 0.5) is 0 Å². The molecule has 6 heteroatoms. The largest absolute Gasteiger partial charge is 0.456 e. The van der Waals surface area contributed by atoms with Crippen LogP contribution in [0.5, 0.6) is 0 Å². The maximum atomic E-state index is 6.39. The van der Waals surface area contributed by atoms with Crippen molar-refractivity contribution in [2.75, 3.05) is 0 Å². The normalized spacial score (nSPS) is 11.8. The van der Waals surface area contributed by atoms with Crippen LogP contribution in [-0.4, -0.2) is 24.1 Å². The number of rotatable bonds is 6. The summed E-state index contributed by atoms with van der Waals surface area (Å²) >= 11 is 0. The first-order valence-electron chi connectivity index (χ1n) is 21.2. The minimum absolute atomic E-state index is 0.538. The van der Waals surface area contributed by atoms with Gasteiger partial charge in [-0.2, -0.15) is 9.97 Å². The van der Waals surface area contributed by atoms with Gasteiger partial charge in [-0.05, 0) is 76.9 Å². The molecule has 6 nitrogen and oxygen atoms in total. The van der Waals surface area contributed by atoms with Gasteiger partial charge in [-0.3, -0.25) is 4.57 Å². The summed E-state index contributed by atoms with van der Waals surface area (Å²) in [7, 11) is 0. The SMILES string of the molecule is c1ccc(-c2cccc(-n3c4ccccc4c4ccc5c6ccccc6n(-c6nc(-c7ccccc7)nc(-c7ccc8oc9ccc(-c%10ccccc%10)cc9c8c7)n6)c5c43)c2)cc1. The third-order valence-corrected chi connectivity index (χ3v) is 12.4. The van der Waals surface area contributed by atoms with Gasteiger partial charge in [-0.25, -0.2) is 4.98 Å². The molecule has 0 bridgehead atoms. The fourth-order valence-electron chi connectivity index (χ4n) is 9.47. The highest BCUT2D eigenvalue weighted by Gasteiger charge is 2.24. The summed E-state index contributed by atoms with van der Waals surface area (Å²) in [4.78, 5) is 16.0. The molecule has 0 aliphatic carbocycles. The van der Waals surface area contributed by atoms with Crippen LogP contribution in [0.1, 0.15) is 0 Å². The summed E-state index contributed by atoms with van der Waals surface area (Å²) in [6.07, 6.45) is 0. The lowest BCUT2D eigenvalue weighted by Gasteiger charge is -2.14. The van der Waals surface area contributed by atoms with Gasteiger partial charge in [0.15, 0.2) is 11.6 Å². The molecule has 4 aromatic heterocycles. The summed E-state index contributed by atoms with van der Waals surface area (Å²) in [5.74, 6) is 1.70. The monoisotopic (exact) mass is 805 g/mol. The van der Waals surface area contributed by atoms with Crippen LogP contribution in [0, 0.1) is 0 Å². The molecule has 0 amide bonds. The fourth-order valence-corrected chi connectivity index (χ4v) is 9.47. The van der Waals surface area contributed by atoms with Crippen LogP contribution < -0.4 is 0 Å². The van der Waals surface area contributed by atoms with Gasteiger partial charge in [0.1, 0.15) is 11.2 Å². The maximum Gasteiger partial charge on any atom is 0.238 e. The van der Waals surface area contributed by atoms with E-state index >= 15 is 0 Å². The van der Waals surface area contributed by atoms with E-state index < -0.39 is 0 Å². The minimum atomic E-state index is 0.538. The van der Waals surface area contributed by atoms with Crippen LogP contribution in [0.2, 0.25) is 0 Å². The third-order valence-electron chi connectivity index (χ3n) is 12.4. The van der Waals surface area contributed by atoms with E-state index in [0.29, 0.717) is 17.6 Å². The molecule has 0 unspecified atom stereocenters. The van der Waals surface area contributed by atoms with Gasteiger partial charge in [0.05, 0.1) is 22.1 Å². The molecule has 0 fully saturated rings. The Balaban J connectivity index is 1.10. The van der Waals surface area contributed by atoms with Gasteiger partial charge < -0.3 is 8.98 Å². The van der Waals surface area contributed by atoms with E-state index in [2.05, 4.69) is 191 Å². The van der Waals surface area contributed by atoms with Crippen LogP contribution in [0.25, 0.3) is 122 Å². The quantitative estimate of drug-likeness (QED) is 0.168.